The molecule has 2 nitrogen and oxygen atoms in total. The lowest BCUT2D eigenvalue weighted by molar-refractivity contribution is -0.0110. The first-order chi connectivity index (χ1) is 9.60. The van der Waals surface area contributed by atoms with Crippen molar-refractivity contribution in [2.24, 2.45) is 11.8 Å². The number of phenols is 1. The Hall–Kier alpha value is -0.540. The Labute approximate surface area is 138 Å². The molecule has 2 aliphatic carbocycles. The summed E-state index contributed by atoms with van der Waals surface area (Å²) in [5.74, 6) is 2.07. The molecule has 1 aromatic rings. The van der Waals surface area contributed by atoms with Crippen molar-refractivity contribution in [3.8, 4) is 5.75 Å². The monoisotopic (exact) mass is 351 g/mol. The van der Waals surface area contributed by atoms with Gasteiger partial charge in [0, 0.05) is 11.5 Å². The van der Waals surface area contributed by atoms with Gasteiger partial charge in [0.25, 0.3) is 0 Å². The summed E-state index contributed by atoms with van der Waals surface area (Å²) in [5, 5.41) is 9.98. The molecule has 2 bridgehead atoms. The Morgan fingerprint density at radius 1 is 1.29 bits per heavy atom. The number of hydrogen-bond donors (Lipinski definition) is 1. The van der Waals surface area contributed by atoms with Crippen LogP contribution in [-0.4, -0.2) is 29.6 Å². The van der Waals surface area contributed by atoms with E-state index in [1.165, 1.54) is 49.8 Å². The average molecular weight is 352 g/mol. The molecular weight excluding hydrogens is 326 g/mol. The number of halogens is 1. The Bertz CT molecular complexity index is 546. The normalized spacial score (nSPS) is 38.1. The summed E-state index contributed by atoms with van der Waals surface area (Å²) in [7, 11) is 2.30. The van der Waals surface area contributed by atoms with Crippen LogP contribution in [0.15, 0.2) is 18.2 Å². The van der Waals surface area contributed by atoms with Crippen molar-refractivity contribution < 1.29 is 5.11 Å². The standard InChI is InChI=1S/C18H25NO.BrH/c1-12-3-6-15-17-9-13-4-5-14(20)10-16(13)18(15,11-12)7-8-19(17)2;/h4-5,10,12,15,17,20H,3,6-9,11H2,1-2H3;1H/t12-,15+,17-,18+;/m1./s1. The summed E-state index contributed by atoms with van der Waals surface area (Å²) in [6.07, 6.45) is 6.51. The first kappa shape index (κ1) is 15.4. The van der Waals surface area contributed by atoms with Gasteiger partial charge in [-0.25, -0.2) is 0 Å². The fourth-order valence-corrected chi connectivity index (χ4v) is 5.49. The van der Waals surface area contributed by atoms with Crippen LogP contribution in [0.25, 0.3) is 0 Å². The van der Waals surface area contributed by atoms with Gasteiger partial charge in [0.1, 0.15) is 5.75 Å². The predicted octanol–water partition coefficient (Wildman–Crippen LogP) is 3.90. The zero-order valence-electron chi connectivity index (χ0n) is 13.0. The first-order valence-corrected chi connectivity index (χ1v) is 8.13. The number of rotatable bonds is 0. The van der Waals surface area contributed by atoms with Crippen molar-refractivity contribution in [1.29, 1.82) is 0 Å². The second-order valence-corrected chi connectivity index (χ2v) is 7.49. The van der Waals surface area contributed by atoms with E-state index in [0.29, 0.717) is 17.2 Å². The molecule has 21 heavy (non-hydrogen) atoms. The van der Waals surface area contributed by atoms with Crippen molar-refractivity contribution in [3.63, 3.8) is 0 Å². The highest BCUT2D eigenvalue weighted by molar-refractivity contribution is 8.93. The molecule has 116 valence electrons. The van der Waals surface area contributed by atoms with Gasteiger partial charge in [-0.05, 0) is 74.4 Å². The highest BCUT2D eigenvalue weighted by Crippen LogP contribution is 2.57. The summed E-state index contributed by atoms with van der Waals surface area (Å²) in [5.41, 5.74) is 3.32. The number of likely N-dealkylation sites (N-methyl/N-ethyl adjacent to an activating group) is 1. The molecule has 1 aromatic carbocycles. The molecule has 0 amide bonds. The smallest absolute Gasteiger partial charge is 0.115 e. The number of piperidine rings is 1. The summed E-state index contributed by atoms with van der Waals surface area (Å²) in [6.45, 7) is 3.62. The molecule has 2 fully saturated rings. The van der Waals surface area contributed by atoms with Crippen LogP contribution in [0.1, 0.15) is 43.7 Å². The second-order valence-electron chi connectivity index (χ2n) is 7.49. The zero-order chi connectivity index (χ0) is 13.9. The molecular formula is C18H26BrNO. The maximum atomic E-state index is 9.98. The molecule has 3 aliphatic rings. The van der Waals surface area contributed by atoms with Crippen LogP contribution in [0.5, 0.6) is 5.75 Å². The quantitative estimate of drug-likeness (QED) is 0.765. The maximum absolute atomic E-state index is 9.98. The first-order valence-electron chi connectivity index (χ1n) is 8.13. The number of likely N-dealkylation sites (tertiary alicyclic amines) is 1. The number of phenolic OH excluding ortho intramolecular Hbond substituents is 1. The van der Waals surface area contributed by atoms with E-state index in [1.54, 1.807) is 0 Å². The molecule has 1 saturated carbocycles. The molecule has 1 aliphatic heterocycles. The fraction of sp³-hybridized carbons (Fsp3) is 0.667. The van der Waals surface area contributed by atoms with Crippen LogP contribution in [0.2, 0.25) is 0 Å². The van der Waals surface area contributed by atoms with Gasteiger partial charge in [-0.3, -0.25) is 0 Å². The number of aromatic hydroxyl groups is 1. The fourth-order valence-electron chi connectivity index (χ4n) is 5.49. The van der Waals surface area contributed by atoms with Gasteiger partial charge in [0.2, 0.25) is 0 Å². The second kappa shape index (κ2) is 5.27. The Morgan fingerprint density at radius 2 is 2.10 bits per heavy atom. The van der Waals surface area contributed by atoms with Crippen molar-refractivity contribution >= 4 is 17.0 Å². The largest absolute Gasteiger partial charge is 0.508 e. The zero-order valence-corrected chi connectivity index (χ0v) is 14.7. The summed E-state index contributed by atoms with van der Waals surface area (Å²) in [6, 6.07) is 6.85. The third-order valence-electron chi connectivity index (χ3n) is 6.39. The van der Waals surface area contributed by atoms with E-state index in [9.17, 15) is 5.11 Å². The minimum Gasteiger partial charge on any atom is -0.508 e. The molecule has 0 radical (unpaired) electrons. The lowest BCUT2D eigenvalue weighted by Crippen LogP contribution is -2.60. The molecule has 4 atom stereocenters. The van der Waals surface area contributed by atoms with Crippen LogP contribution in [0.4, 0.5) is 0 Å². The van der Waals surface area contributed by atoms with Crippen molar-refractivity contribution in [2.45, 2.75) is 50.5 Å². The van der Waals surface area contributed by atoms with Crippen LogP contribution in [0, 0.1) is 11.8 Å². The number of hydrogen-bond acceptors (Lipinski definition) is 2. The molecule has 1 N–H and O–H groups in total. The molecule has 3 heteroatoms. The van der Waals surface area contributed by atoms with Gasteiger partial charge in [-0.2, -0.15) is 0 Å². The van der Waals surface area contributed by atoms with Crippen LogP contribution in [-0.2, 0) is 11.8 Å². The van der Waals surface area contributed by atoms with Crippen LogP contribution in [0.3, 0.4) is 0 Å². The van der Waals surface area contributed by atoms with Crippen molar-refractivity contribution in [2.75, 3.05) is 13.6 Å². The maximum Gasteiger partial charge on any atom is 0.115 e. The van der Waals surface area contributed by atoms with E-state index in [4.69, 9.17) is 0 Å². The third-order valence-corrected chi connectivity index (χ3v) is 6.39. The molecule has 1 saturated heterocycles. The van der Waals surface area contributed by atoms with Gasteiger partial charge >= 0.3 is 0 Å². The Morgan fingerprint density at radius 3 is 2.90 bits per heavy atom. The topological polar surface area (TPSA) is 23.5 Å². The molecule has 4 rings (SSSR count). The summed E-state index contributed by atoms with van der Waals surface area (Å²) < 4.78 is 0. The van der Waals surface area contributed by atoms with Crippen LogP contribution < -0.4 is 0 Å². The highest BCUT2D eigenvalue weighted by Gasteiger charge is 2.54. The summed E-state index contributed by atoms with van der Waals surface area (Å²) in [4.78, 5) is 2.59. The van der Waals surface area contributed by atoms with Gasteiger partial charge in [0.05, 0.1) is 0 Å². The van der Waals surface area contributed by atoms with E-state index in [0.717, 1.165) is 11.8 Å². The lowest BCUT2D eigenvalue weighted by Gasteiger charge is -2.59. The molecule has 0 aromatic heterocycles. The Kier molecular flexibility index (Phi) is 3.86. The Balaban J connectivity index is 0.00000132. The summed E-state index contributed by atoms with van der Waals surface area (Å²) >= 11 is 0. The van der Waals surface area contributed by atoms with E-state index < -0.39 is 0 Å². The number of benzene rings is 1. The van der Waals surface area contributed by atoms with E-state index in [2.05, 4.69) is 31.0 Å². The third kappa shape index (κ3) is 2.16. The highest BCUT2D eigenvalue weighted by atomic mass is 79.9. The predicted molar refractivity (Wildman–Crippen MR) is 91.4 cm³/mol. The average Bonchev–Trinajstić information content (AvgIpc) is 2.43. The molecule has 1 heterocycles. The van der Waals surface area contributed by atoms with Gasteiger partial charge in [-0.15, -0.1) is 17.0 Å². The molecule has 0 unspecified atom stereocenters. The van der Waals surface area contributed by atoms with Gasteiger partial charge in [-0.1, -0.05) is 19.4 Å². The minimum absolute atomic E-state index is 0. The van der Waals surface area contributed by atoms with Crippen LogP contribution >= 0.6 is 17.0 Å². The SMILES string of the molecule is Br.C[C@@H]1CC[C@H]2[C@H]3Cc4ccc(O)cc4[C@@]2(CCN3C)C1. The van der Waals surface area contributed by atoms with E-state index in [1.807, 2.05) is 6.07 Å². The van der Waals surface area contributed by atoms with Gasteiger partial charge in [0.15, 0.2) is 0 Å². The van der Waals surface area contributed by atoms with Crippen molar-refractivity contribution in [1.82, 2.24) is 4.90 Å². The van der Waals surface area contributed by atoms with E-state index in [-0.39, 0.29) is 17.0 Å². The van der Waals surface area contributed by atoms with E-state index >= 15 is 0 Å². The molecule has 0 spiro atoms. The minimum atomic E-state index is 0. The lowest BCUT2D eigenvalue weighted by atomic mass is 9.51. The number of fused-ring (bicyclic) bond motifs is 1. The van der Waals surface area contributed by atoms with Gasteiger partial charge < -0.3 is 10.0 Å². The number of nitrogens with zero attached hydrogens (tertiary/aromatic N) is 1. The van der Waals surface area contributed by atoms with Crippen molar-refractivity contribution in [3.05, 3.63) is 29.3 Å².